The van der Waals surface area contributed by atoms with Gasteiger partial charge in [-0.25, -0.2) is 0 Å². The Balaban J connectivity index is 3.12. The van der Waals surface area contributed by atoms with Gasteiger partial charge in [-0.05, 0) is 24.1 Å². The molecule has 63 valence electrons. The molecular weight excluding hydrogens is 152 g/mol. The monoisotopic (exact) mass is 163 g/mol. The van der Waals surface area contributed by atoms with Gasteiger partial charge in [0.25, 0.3) is 0 Å². The SMILES string of the molecule is C/C=C/c1[c]c(O)ccc1CO. The molecule has 0 aliphatic rings. The van der Waals surface area contributed by atoms with Crippen LogP contribution in [0.25, 0.3) is 6.08 Å². The second kappa shape index (κ2) is 3.93. The summed E-state index contributed by atoms with van der Waals surface area (Å²) in [6.45, 7) is 1.84. The molecule has 0 fully saturated rings. The number of benzene rings is 1. The van der Waals surface area contributed by atoms with Crippen LogP contribution in [0.4, 0.5) is 0 Å². The van der Waals surface area contributed by atoms with Crippen LogP contribution in [0.2, 0.25) is 0 Å². The third kappa shape index (κ3) is 1.86. The molecule has 0 spiro atoms. The Hall–Kier alpha value is -1.28. The topological polar surface area (TPSA) is 40.5 Å². The smallest absolute Gasteiger partial charge is 0.124 e. The second-order valence-electron chi connectivity index (χ2n) is 2.44. The van der Waals surface area contributed by atoms with E-state index < -0.39 is 0 Å². The molecule has 0 saturated heterocycles. The Morgan fingerprint density at radius 1 is 1.50 bits per heavy atom. The largest absolute Gasteiger partial charge is 0.507 e. The fourth-order valence-corrected chi connectivity index (χ4v) is 0.982. The lowest BCUT2D eigenvalue weighted by molar-refractivity contribution is 0.281. The van der Waals surface area contributed by atoms with Gasteiger partial charge >= 0.3 is 0 Å². The molecule has 2 nitrogen and oxygen atoms in total. The molecule has 0 bridgehead atoms. The zero-order chi connectivity index (χ0) is 8.97. The molecule has 0 aliphatic carbocycles. The van der Waals surface area contributed by atoms with Crippen molar-refractivity contribution >= 4 is 6.08 Å². The van der Waals surface area contributed by atoms with Crippen molar-refractivity contribution in [2.45, 2.75) is 13.5 Å². The van der Waals surface area contributed by atoms with Crippen molar-refractivity contribution in [2.24, 2.45) is 0 Å². The van der Waals surface area contributed by atoms with Crippen molar-refractivity contribution in [3.05, 3.63) is 35.4 Å². The Bertz CT molecular complexity index is 290. The molecule has 0 amide bonds. The van der Waals surface area contributed by atoms with E-state index in [1.54, 1.807) is 12.1 Å². The number of rotatable bonds is 2. The predicted octanol–water partition coefficient (Wildman–Crippen LogP) is 1.72. The fourth-order valence-electron chi connectivity index (χ4n) is 0.982. The molecule has 0 heterocycles. The summed E-state index contributed by atoms with van der Waals surface area (Å²) in [7, 11) is 0. The number of aromatic hydroxyl groups is 1. The molecule has 0 saturated carbocycles. The molecule has 0 unspecified atom stereocenters. The molecule has 1 radical (unpaired) electrons. The molecule has 0 atom stereocenters. The number of phenolic OH excluding ortho intramolecular Hbond substituents is 1. The highest BCUT2D eigenvalue weighted by Crippen LogP contribution is 2.16. The van der Waals surface area contributed by atoms with Crippen molar-refractivity contribution in [3.63, 3.8) is 0 Å². The van der Waals surface area contributed by atoms with Gasteiger partial charge in [0.2, 0.25) is 0 Å². The lowest BCUT2D eigenvalue weighted by Crippen LogP contribution is -1.87. The highest BCUT2D eigenvalue weighted by Gasteiger charge is 1.98. The first-order valence-corrected chi connectivity index (χ1v) is 3.75. The Kier molecular flexibility index (Phi) is 2.88. The highest BCUT2D eigenvalue weighted by molar-refractivity contribution is 5.54. The van der Waals surface area contributed by atoms with Gasteiger partial charge < -0.3 is 10.2 Å². The number of aliphatic hydroxyl groups excluding tert-OH is 1. The zero-order valence-electron chi connectivity index (χ0n) is 6.91. The van der Waals surface area contributed by atoms with Gasteiger partial charge in [-0.2, -0.15) is 0 Å². The van der Waals surface area contributed by atoms with Crippen LogP contribution in [-0.4, -0.2) is 10.2 Å². The van der Waals surface area contributed by atoms with E-state index in [9.17, 15) is 0 Å². The molecule has 2 N–H and O–H groups in total. The minimum atomic E-state index is -0.0313. The van der Waals surface area contributed by atoms with Gasteiger partial charge in [-0.3, -0.25) is 0 Å². The summed E-state index contributed by atoms with van der Waals surface area (Å²) in [5.41, 5.74) is 1.51. The van der Waals surface area contributed by atoms with E-state index in [1.807, 2.05) is 13.0 Å². The molecule has 0 aromatic heterocycles. The maximum Gasteiger partial charge on any atom is 0.124 e. The van der Waals surface area contributed by atoms with Crippen molar-refractivity contribution in [1.82, 2.24) is 0 Å². The quantitative estimate of drug-likeness (QED) is 0.696. The van der Waals surface area contributed by atoms with Gasteiger partial charge in [0.15, 0.2) is 0 Å². The normalized spacial score (nSPS) is 10.8. The first kappa shape index (κ1) is 8.81. The van der Waals surface area contributed by atoms with Crippen LogP contribution >= 0.6 is 0 Å². The van der Waals surface area contributed by atoms with E-state index in [2.05, 4.69) is 6.07 Å². The van der Waals surface area contributed by atoms with Crippen LogP contribution in [0, 0.1) is 6.07 Å². The number of phenols is 1. The molecule has 0 aliphatic heterocycles. The first-order valence-electron chi connectivity index (χ1n) is 3.75. The lowest BCUT2D eigenvalue weighted by atomic mass is 10.1. The van der Waals surface area contributed by atoms with Gasteiger partial charge in [0.05, 0.1) is 6.61 Å². The van der Waals surface area contributed by atoms with E-state index in [1.165, 1.54) is 6.07 Å². The van der Waals surface area contributed by atoms with Crippen molar-refractivity contribution in [2.75, 3.05) is 0 Å². The van der Waals surface area contributed by atoms with Crippen molar-refractivity contribution < 1.29 is 10.2 Å². The van der Waals surface area contributed by atoms with Crippen LogP contribution in [0.5, 0.6) is 5.75 Å². The van der Waals surface area contributed by atoms with Crippen molar-refractivity contribution in [1.29, 1.82) is 0 Å². The number of hydrogen-bond donors (Lipinski definition) is 2. The number of hydrogen-bond acceptors (Lipinski definition) is 2. The van der Waals surface area contributed by atoms with Gasteiger partial charge in [-0.1, -0.05) is 18.2 Å². The van der Waals surface area contributed by atoms with Crippen LogP contribution in [0.1, 0.15) is 18.1 Å². The molecule has 1 aromatic carbocycles. The number of allylic oxidation sites excluding steroid dienone is 1. The summed E-state index contributed by atoms with van der Waals surface area (Å²) in [4.78, 5) is 0. The van der Waals surface area contributed by atoms with Crippen molar-refractivity contribution in [3.8, 4) is 5.75 Å². The van der Waals surface area contributed by atoms with E-state index in [0.717, 1.165) is 11.1 Å². The van der Waals surface area contributed by atoms with Crippen LogP contribution in [0.15, 0.2) is 18.2 Å². The second-order valence-corrected chi connectivity index (χ2v) is 2.44. The minimum Gasteiger partial charge on any atom is -0.507 e. The summed E-state index contributed by atoms with van der Waals surface area (Å²) in [6.07, 6.45) is 3.63. The van der Waals surface area contributed by atoms with Gasteiger partial charge in [0.1, 0.15) is 5.75 Å². The average molecular weight is 163 g/mol. The maximum atomic E-state index is 9.09. The molecule has 1 aromatic rings. The van der Waals surface area contributed by atoms with E-state index in [-0.39, 0.29) is 12.4 Å². The Labute approximate surface area is 71.8 Å². The molecule has 1 rings (SSSR count). The Morgan fingerprint density at radius 3 is 2.83 bits per heavy atom. The summed E-state index contributed by atoms with van der Waals surface area (Å²) >= 11 is 0. The molecule has 12 heavy (non-hydrogen) atoms. The van der Waals surface area contributed by atoms with E-state index in [4.69, 9.17) is 10.2 Å². The minimum absolute atomic E-state index is 0.0313. The summed E-state index contributed by atoms with van der Waals surface area (Å²) in [5, 5.41) is 18.0. The standard InChI is InChI=1S/C10H11O2/c1-2-3-8-6-10(12)5-4-9(8)7-11/h2-5,11-12H,7H2,1H3/b3-2+. The van der Waals surface area contributed by atoms with Gasteiger partial charge in [-0.15, -0.1) is 0 Å². The summed E-state index contributed by atoms with van der Waals surface area (Å²) in [5.74, 6) is 0.0975. The first-order chi connectivity index (χ1) is 5.77. The van der Waals surface area contributed by atoms with Crippen LogP contribution in [-0.2, 0) is 6.61 Å². The zero-order valence-corrected chi connectivity index (χ0v) is 6.91. The Morgan fingerprint density at radius 2 is 2.25 bits per heavy atom. The average Bonchev–Trinajstić information content (AvgIpc) is 2.05. The third-order valence-corrected chi connectivity index (χ3v) is 1.55. The van der Waals surface area contributed by atoms with Crippen LogP contribution in [0.3, 0.4) is 0 Å². The summed E-state index contributed by atoms with van der Waals surface area (Å²) in [6, 6.07) is 5.93. The van der Waals surface area contributed by atoms with E-state index >= 15 is 0 Å². The van der Waals surface area contributed by atoms with Gasteiger partial charge in [0, 0.05) is 6.07 Å². The van der Waals surface area contributed by atoms with E-state index in [0.29, 0.717) is 0 Å². The summed E-state index contributed by atoms with van der Waals surface area (Å²) < 4.78 is 0. The fraction of sp³-hybridized carbons (Fsp3) is 0.200. The van der Waals surface area contributed by atoms with Crippen LogP contribution < -0.4 is 0 Å². The lowest BCUT2D eigenvalue weighted by Gasteiger charge is -2.01. The predicted molar refractivity (Wildman–Crippen MR) is 47.6 cm³/mol. The number of aliphatic hydroxyl groups is 1. The molecular formula is C10H11O2. The third-order valence-electron chi connectivity index (χ3n) is 1.55. The highest BCUT2D eigenvalue weighted by atomic mass is 16.3. The maximum absolute atomic E-state index is 9.09. The molecule has 2 heteroatoms.